The maximum Gasteiger partial charge on any atom is 0.416 e. The summed E-state index contributed by atoms with van der Waals surface area (Å²) in [7, 11) is 0. The minimum atomic E-state index is -4.67. The van der Waals surface area contributed by atoms with E-state index < -0.39 is 28.5 Å². The first-order valence-electron chi connectivity index (χ1n) is 9.29. The molecule has 4 rings (SSSR count). The van der Waals surface area contributed by atoms with Crippen molar-refractivity contribution in [3.8, 4) is 0 Å². The number of nitrogens with zero attached hydrogens (tertiary/aromatic N) is 2. The minimum absolute atomic E-state index is 0.0492. The molecule has 6 nitrogen and oxygen atoms in total. The molecule has 160 valence electrons. The van der Waals surface area contributed by atoms with Crippen LogP contribution in [0.4, 0.5) is 24.5 Å². The minimum Gasteiger partial charge on any atom is -0.268 e. The first-order valence-corrected chi connectivity index (χ1v) is 9.29. The molecule has 3 aromatic rings. The number of hydrogen-bond donors (Lipinski definition) is 0. The fourth-order valence-electron chi connectivity index (χ4n) is 3.48. The summed E-state index contributed by atoms with van der Waals surface area (Å²) in [4.78, 5) is 37.8. The summed E-state index contributed by atoms with van der Waals surface area (Å²) in [6.45, 7) is 0. The molecule has 0 saturated carbocycles. The molecule has 0 atom stereocenters. The van der Waals surface area contributed by atoms with Gasteiger partial charge in [-0.3, -0.25) is 19.7 Å². The third kappa shape index (κ3) is 3.64. The Hall–Kier alpha value is -4.27. The third-order valence-corrected chi connectivity index (χ3v) is 4.95. The number of para-hydroxylation sites is 1. The molecule has 0 radical (unpaired) electrons. The second-order valence-electron chi connectivity index (χ2n) is 6.91. The van der Waals surface area contributed by atoms with Crippen LogP contribution in [0.25, 0.3) is 11.6 Å². The zero-order valence-corrected chi connectivity index (χ0v) is 16.2. The molecule has 0 bridgehead atoms. The Kier molecular flexibility index (Phi) is 5.09. The van der Waals surface area contributed by atoms with Gasteiger partial charge in [0.2, 0.25) is 0 Å². The van der Waals surface area contributed by atoms with Gasteiger partial charge >= 0.3 is 6.18 Å². The van der Waals surface area contributed by atoms with E-state index in [1.807, 2.05) is 0 Å². The van der Waals surface area contributed by atoms with Gasteiger partial charge in [-0.25, -0.2) is 4.90 Å². The highest BCUT2D eigenvalue weighted by Gasteiger charge is 2.38. The van der Waals surface area contributed by atoms with Crippen molar-refractivity contribution in [3.63, 3.8) is 0 Å². The molecule has 9 heteroatoms. The zero-order chi connectivity index (χ0) is 23.0. The van der Waals surface area contributed by atoms with Crippen molar-refractivity contribution in [1.82, 2.24) is 0 Å². The highest BCUT2D eigenvalue weighted by Crippen LogP contribution is 2.37. The van der Waals surface area contributed by atoms with E-state index >= 15 is 0 Å². The molecular formula is C23H13F3N2O4. The molecular weight excluding hydrogens is 425 g/mol. The van der Waals surface area contributed by atoms with Crippen LogP contribution in [-0.4, -0.2) is 16.7 Å². The van der Waals surface area contributed by atoms with E-state index in [1.54, 1.807) is 18.2 Å². The summed E-state index contributed by atoms with van der Waals surface area (Å²) >= 11 is 0. The Morgan fingerprint density at radius 3 is 2.19 bits per heavy atom. The maximum atomic E-state index is 13.3. The number of amides is 2. The number of nitro benzene ring substituents is 1. The van der Waals surface area contributed by atoms with Gasteiger partial charge in [-0.05, 0) is 42.0 Å². The molecule has 0 saturated heterocycles. The molecule has 0 N–H and O–H groups in total. The Morgan fingerprint density at radius 1 is 0.844 bits per heavy atom. The largest absolute Gasteiger partial charge is 0.416 e. The summed E-state index contributed by atoms with van der Waals surface area (Å²) in [6.07, 6.45) is -3.40. The van der Waals surface area contributed by atoms with Gasteiger partial charge in [0.1, 0.15) is 0 Å². The summed E-state index contributed by atoms with van der Waals surface area (Å²) < 4.78 is 39.6. The number of anilines is 1. The Balaban J connectivity index is 1.92. The van der Waals surface area contributed by atoms with Crippen LogP contribution in [0.1, 0.15) is 27.0 Å². The number of fused-ring (bicyclic) bond motifs is 1. The number of imide groups is 1. The number of carbonyl (C=O) groups excluding carboxylic acids is 2. The van der Waals surface area contributed by atoms with Crippen LogP contribution < -0.4 is 4.90 Å². The number of carbonyl (C=O) groups is 2. The monoisotopic (exact) mass is 438 g/mol. The van der Waals surface area contributed by atoms with Crippen LogP contribution in [0.2, 0.25) is 0 Å². The van der Waals surface area contributed by atoms with Gasteiger partial charge in [-0.1, -0.05) is 36.4 Å². The molecule has 2 amide bonds. The van der Waals surface area contributed by atoms with E-state index in [0.29, 0.717) is 11.0 Å². The predicted molar refractivity (Wildman–Crippen MR) is 111 cm³/mol. The Morgan fingerprint density at radius 2 is 1.50 bits per heavy atom. The van der Waals surface area contributed by atoms with Gasteiger partial charge in [0, 0.05) is 17.2 Å². The van der Waals surface area contributed by atoms with Gasteiger partial charge in [0.15, 0.2) is 0 Å². The van der Waals surface area contributed by atoms with Crippen molar-refractivity contribution in [2.24, 2.45) is 0 Å². The molecule has 0 fully saturated rings. The van der Waals surface area contributed by atoms with Crippen LogP contribution in [0.3, 0.4) is 0 Å². The maximum absolute atomic E-state index is 13.3. The molecule has 0 aromatic heterocycles. The van der Waals surface area contributed by atoms with Crippen LogP contribution >= 0.6 is 0 Å². The van der Waals surface area contributed by atoms with Gasteiger partial charge in [0.25, 0.3) is 17.5 Å². The standard InChI is InChI=1S/C23H13F3N2O4/c24-23(25,26)15-7-5-8-16(13-15)27-21(29)18-10-3-2-9-17(18)19(22(27)30)12-14-6-1-4-11-20(14)28(31)32/h1-13H/b19-12-. The average molecular weight is 438 g/mol. The van der Waals surface area contributed by atoms with E-state index in [9.17, 15) is 32.9 Å². The van der Waals surface area contributed by atoms with E-state index in [1.165, 1.54) is 42.5 Å². The van der Waals surface area contributed by atoms with Gasteiger partial charge in [-0.15, -0.1) is 0 Å². The number of rotatable bonds is 3. The lowest BCUT2D eigenvalue weighted by atomic mass is 9.91. The second-order valence-corrected chi connectivity index (χ2v) is 6.91. The van der Waals surface area contributed by atoms with Crippen molar-refractivity contribution in [1.29, 1.82) is 0 Å². The normalized spacial score (nSPS) is 15.1. The van der Waals surface area contributed by atoms with Crippen molar-refractivity contribution in [3.05, 3.63) is 105 Å². The van der Waals surface area contributed by atoms with E-state index in [4.69, 9.17) is 0 Å². The summed E-state index contributed by atoms with van der Waals surface area (Å²) in [5, 5.41) is 11.4. The van der Waals surface area contributed by atoms with E-state index in [-0.39, 0.29) is 33.6 Å². The third-order valence-electron chi connectivity index (χ3n) is 4.95. The first-order chi connectivity index (χ1) is 15.2. The second kappa shape index (κ2) is 7.77. The number of alkyl halides is 3. The van der Waals surface area contributed by atoms with Crippen LogP contribution in [0, 0.1) is 10.1 Å². The lowest BCUT2D eigenvalue weighted by Gasteiger charge is -2.29. The van der Waals surface area contributed by atoms with Crippen molar-refractivity contribution < 1.29 is 27.7 Å². The summed E-state index contributed by atoms with van der Waals surface area (Å²) in [5.74, 6) is -1.67. The van der Waals surface area contributed by atoms with Crippen LogP contribution in [0.5, 0.6) is 0 Å². The highest BCUT2D eigenvalue weighted by atomic mass is 19.4. The molecule has 0 spiro atoms. The lowest BCUT2D eigenvalue weighted by molar-refractivity contribution is -0.385. The summed E-state index contributed by atoms with van der Waals surface area (Å²) in [6, 6.07) is 15.7. The molecule has 1 aliphatic rings. The zero-order valence-electron chi connectivity index (χ0n) is 16.2. The predicted octanol–water partition coefficient (Wildman–Crippen LogP) is 5.34. The SMILES string of the molecule is O=C1/C(=C\c2ccccc2[N+](=O)[O-])c2ccccc2C(=O)N1c1cccc(C(F)(F)F)c1. The van der Waals surface area contributed by atoms with Crippen molar-refractivity contribution in [2.45, 2.75) is 6.18 Å². The topological polar surface area (TPSA) is 80.5 Å². The molecule has 1 heterocycles. The number of halogens is 3. The average Bonchev–Trinajstić information content (AvgIpc) is 2.76. The fourth-order valence-corrected chi connectivity index (χ4v) is 3.48. The summed E-state index contributed by atoms with van der Waals surface area (Å²) in [5.41, 5.74) is -1.12. The highest BCUT2D eigenvalue weighted by molar-refractivity contribution is 6.43. The first kappa shape index (κ1) is 21.0. The van der Waals surface area contributed by atoms with Crippen LogP contribution in [0.15, 0.2) is 72.8 Å². The fraction of sp³-hybridized carbons (Fsp3) is 0.0435. The van der Waals surface area contributed by atoms with Gasteiger partial charge in [0.05, 0.1) is 21.7 Å². The molecule has 0 unspecified atom stereocenters. The molecule has 1 aliphatic heterocycles. The Bertz CT molecular complexity index is 1300. The quantitative estimate of drug-likeness (QED) is 0.239. The number of benzene rings is 3. The van der Waals surface area contributed by atoms with E-state index in [2.05, 4.69) is 0 Å². The van der Waals surface area contributed by atoms with Crippen molar-refractivity contribution >= 4 is 34.8 Å². The Labute approximate surface area is 179 Å². The molecule has 3 aromatic carbocycles. The van der Waals surface area contributed by atoms with Gasteiger partial charge in [-0.2, -0.15) is 13.2 Å². The number of hydrogen-bond acceptors (Lipinski definition) is 4. The van der Waals surface area contributed by atoms with E-state index in [0.717, 1.165) is 12.1 Å². The number of nitro groups is 1. The van der Waals surface area contributed by atoms with Gasteiger partial charge < -0.3 is 0 Å². The van der Waals surface area contributed by atoms with Crippen LogP contribution in [-0.2, 0) is 11.0 Å². The smallest absolute Gasteiger partial charge is 0.268 e. The van der Waals surface area contributed by atoms with Crippen molar-refractivity contribution in [2.75, 3.05) is 4.90 Å². The molecule has 0 aliphatic carbocycles. The molecule has 32 heavy (non-hydrogen) atoms. The lowest BCUT2D eigenvalue weighted by Crippen LogP contribution is -2.41.